The van der Waals surface area contributed by atoms with E-state index in [1.807, 2.05) is 42.2 Å². The van der Waals surface area contributed by atoms with Crippen LogP contribution in [-0.4, -0.2) is 30.1 Å². The molecule has 1 N–H and O–H groups in total. The molecule has 2 atom stereocenters. The molecule has 0 saturated carbocycles. The van der Waals surface area contributed by atoms with E-state index < -0.39 is 0 Å². The number of carbonyl (C=O) groups is 1. The Kier molecular flexibility index (Phi) is 4.63. The fourth-order valence-electron chi connectivity index (χ4n) is 2.74. The van der Waals surface area contributed by atoms with E-state index in [0.29, 0.717) is 13.2 Å². The zero-order chi connectivity index (χ0) is 16.2. The van der Waals surface area contributed by atoms with Crippen LogP contribution in [0.5, 0.6) is 0 Å². The number of amides is 2. The first kappa shape index (κ1) is 15.6. The van der Waals surface area contributed by atoms with E-state index in [2.05, 4.69) is 36.5 Å². The average Bonchev–Trinajstić information content (AvgIpc) is 2.57. The molecule has 1 aliphatic rings. The van der Waals surface area contributed by atoms with Crippen LogP contribution >= 0.6 is 0 Å². The SMILES string of the molecule is Cc1ccc(C2CN(C(=O)Nc3ccccc3)C(C)CO2)cc1. The summed E-state index contributed by atoms with van der Waals surface area (Å²) in [5.41, 5.74) is 3.14. The molecular formula is C19H22N2O2. The van der Waals surface area contributed by atoms with E-state index in [1.165, 1.54) is 5.56 Å². The van der Waals surface area contributed by atoms with Crippen LogP contribution in [0.25, 0.3) is 0 Å². The summed E-state index contributed by atoms with van der Waals surface area (Å²) in [6, 6.07) is 17.8. The van der Waals surface area contributed by atoms with Gasteiger partial charge in [-0.25, -0.2) is 4.79 Å². The number of carbonyl (C=O) groups excluding carboxylic acids is 1. The van der Waals surface area contributed by atoms with Crippen molar-refractivity contribution < 1.29 is 9.53 Å². The summed E-state index contributed by atoms with van der Waals surface area (Å²) in [4.78, 5) is 14.4. The molecule has 4 heteroatoms. The molecule has 0 aliphatic carbocycles. The Balaban J connectivity index is 1.70. The lowest BCUT2D eigenvalue weighted by molar-refractivity contribution is -0.0407. The van der Waals surface area contributed by atoms with Gasteiger partial charge in [-0.1, -0.05) is 48.0 Å². The molecule has 0 spiro atoms. The summed E-state index contributed by atoms with van der Waals surface area (Å²) in [5.74, 6) is 0. The number of para-hydroxylation sites is 1. The van der Waals surface area contributed by atoms with Gasteiger partial charge in [-0.05, 0) is 31.5 Å². The molecule has 1 heterocycles. The highest BCUT2D eigenvalue weighted by atomic mass is 16.5. The van der Waals surface area contributed by atoms with Crippen molar-refractivity contribution in [2.45, 2.75) is 26.0 Å². The normalized spacial score (nSPS) is 21.0. The van der Waals surface area contributed by atoms with Crippen molar-refractivity contribution in [3.05, 3.63) is 65.7 Å². The van der Waals surface area contributed by atoms with E-state index in [1.54, 1.807) is 0 Å². The van der Waals surface area contributed by atoms with E-state index in [4.69, 9.17) is 4.74 Å². The number of urea groups is 1. The minimum absolute atomic E-state index is 0.0559. The van der Waals surface area contributed by atoms with E-state index in [0.717, 1.165) is 11.3 Å². The lowest BCUT2D eigenvalue weighted by Crippen LogP contribution is -2.49. The van der Waals surface area contributed by atoms with Crippen molar-refractivity contribution in [2.24, 2.45) is 0 Å². The quantitative estimate of drug-likeness (QED) is 0.911. The van der Waals surface area contributed by atoms with Gasteiger partial charge in [0.25, 0.3) is 0 Å². The maximum atomic E-state index is 12.6. The molecule has 0 aromatic heterocycles. The Bertz CT molecular complexity index is 655. The number of nitrogens with one attached hydrogen (secondary N) is 1. The highest BCUT2D eigenvalue weighted by Gasteiger charge is 2.30. The smallest absolute Gasteiger partial charge is 0.322 e. The molecule has 2 aromatic carbocycles. The summed E-state index contributed by atoms with van der Waals surface area (Å²) >= 11 is 0. The van der Waals surface area contributed by atoms with Crippen LogP contribution in [0.4, 0.5) is 10.5 Å². The van der Waals surface area contributed by atoms with E-state index in [9.17, 15) is 4.79 Å². The summed E-state index contributed by atoms with van der Waals surface area (Å²) in [7, 11) is 0. The van der Waals surface area contributed by atoms with Gasteiger partial charge in [0.2, 0.25) is 0 Å². The maximum absolute atomic E-state index is 12.6. The van der Waals surface area contributed by atoms with E-state index >= 15 is 0 Å². The molecular weight excluding hydrogens is 288 g/mol. The second-order valence-corrected chi connectivity index (χ2v) is 6.03. The summed E-state index contributed by atoms with van der Waals surface area (Å²) in [5, 5.41) is 2.95. The third-order valence-corrected chi connectivity index (χ3v) is 4.17. The molecule has 23 heavy (non-hydrogen) atoms. The minimum Gasteiger partial charge on any atom is -0.370 e. The Morgan fingerprint density at radius 1 is 1.13 bits per heavy atom. The number of hydrogen-bond acceptors (Lipinski definition) is 2. The van der Waals surface area contributed by atoms with Crippen molar-refractivity contribution in [2.75, 3.05) is 18.5 Å². The third kappa shape index (κ3) is 3.71. The Labute approximate surface area is 137 Å². The van der Waals surface area contributed by atoms with Crippen LogP contribution < -0.4 is 5.32 Å². The van der Waals surface area contributed by atoms with Crippen LogP contribution in [0, 0.1) is 6.92 Å². The van der Waals surface area contributed by atoms with Gasteiger partial charge >= 0.3 is 6.03 Å². The van der Waals surface area contributed by atoms with Crippen LogP contribution in [0.1, 0.15) is 24.2 Å². The van der Waals surface area contributed by atoms with Crippen LogP contribution in [0.2, 0.25) is 0 Å². The molecule has 2 unspecified atom stereocenters. The predicted molar refractivity (Wildman–Crippen MR) is 91.5 cm³/mol. The Morgan fingerprint density at radius 3 is 2.52 bits per heavy atom. The first-order valence-corrected chi connectivity index (χ1v) is 7.94. The standard InChI is InChI=1S/C19H22N2O2/c1-14-8-10-16(11-9-14)18-12-21(15(2)13-23-18)19(22)20-17-6-4-3-5-7-17/h3-11,15,18H,12-13H2,1-2H3,(H,20,22). The van der Waals surface area contributed by atoms with Gasteiger partial charge in [0.15, 0.2) is 0 Å². The highest BCUT2D eigenvalue weighted by molar-refractivity contribution is 5.89. The lowest BCUT2D eigenvalue weighted by atomic mass is 10.0. The fraction of sp³-hybridized carbons (Fsp3) is 0.316. The van der Waals surface area contributed by atoms with E-state index in [-0.39, 0.29) is 18.2 Å². The largest absolute Gasteiger partial charge is 0.370 e. The second-order valence-electron chi connectivity index (χ2n) is 6.03. The molecule has 120 valence electrons. The van der Waals surface area contributed by atoms with Crippen molar-refractivity contribution >= 4 is 11.7 Å². The number of hydrogen-bond donors (Lipinski definition) is 1. The number of aryl methyl sites for hydroxylation is 1. The monoisotopic (exact) mass is 310 g/mol. The predicted octanol–water partition coefficient (Wildman–Crippen LogP) is 3.99. The van der Waals surface area contributed by atoms with Crippen molar-refractivity contribution in [1.82, 2.24) is 4.90 Å². The molecule has 1 fully saturated rings. The maximum Gasteiger partial charge on any atom is 0.322 e. The van der Waals surface area contributed by atoms with Gasteiger partial charge < -0.3 is 15.0 Å². The summed E-state index contributed by atoms with van der Waals surface area (Å²) in [6.45, 7) is 5.17. The fourth-order valence-corrected chi connectivity index (χ4v) is 2.74. The number of morpholine rings is 1. The molecule has 4 nitrogen and oxygen atoms in total. The topological polar surface area (TPSA) is 41.6 Å². The molecule has 0 radical (unpaired) electrons. The number of ether oxygens (including phenoxy) is 1. The van der Waals surface area contributed by atoms with Crippen molar-refractivity contribution in [3.8, 4) is 0 Å². The lowest BCUT2D eigenvalue weighted by Gasteiger charge is -2.38. The van der Waals surface area contributed by atoms with Crippen LogP contribution in [0.15, 0.2) is 54.6 Å². The number of benzene rings is 2. The van der Waals surface area contributed by atoms with Gasteiger partial charge in [0.1, 0.15) is 6.10 Å². The van der Waals surface area contributed by atoms with Crippen LogP contribution in [-0.2, 0) is 4.74 Å². The molecule has 0 bridgehead atoms. The number of nitrogens with zero attached hydrogens (tertiary/aromatic N) is 1. The zero-order valence-corrected chi connectivity index (χ0v) is 13.5. The molecule has 1 saturated heterocycles. The number of anilines is 1. The molecule has 2 amide bonds. The summed E-state index contributed by atoms with van der Waals surface area (Å²) < 4.78 is 5.93. The Hall–Kier alpha value is -2.33. The second kappa shape index (κ2) is 6.84. The van der Waals surface area contributed by atoms with Crippen molar-refractivity contribution in [3.63, 3.8) is 0 Å². The number of rotatable bonds is 2. The third-order valence-electron chi connectivity index (χ3n) is 4.17. The van der Waals surface area contributed by atoms with Crippen molar-refractivity contribution in [1.29, 1.82) is 0 Å². The first-order chi connectivity index (χ1) is 11.1. The zero-order valence-electron chi connectivity index (χ0n) is 13.5. The molecule has 1 aliphatic heterocycles. The molecule has 3 rings (SSSR count). The van der Waals surface area contributed by atoms with Gasteiger partial charge in [0, 0.05) is 5.69 Å². The first-order valence-electron chi connectivity index (χ1n) is 7.94. The van der Waals surface area contributed by atoms with Crippen LogP contribution in [0.3, 0.4) is 0 Å². The van der Waals surface area contributed by atoms with Gasteiger partial charge in [0.05, 0.1) is 19.2 Å². The van der Waals surface area contributed by atoms with Gasteiger partial charge in [-0.3, -0.25) is 0 Å². The highest BCUT2D eigenvalue weighted by Crippen LogP contribution is 2.25. The summed E-state index contributed by atoms with van der Waals surface area (Å²) in [6.07, 6.45) is -0.0756. The average molecular weight is 310 g/mol. The van der Waals surface area contributed by atoms with Gasteiger partial charge in [-0.2, -0.15) is 0 Å². The Morgan fingerprint density at radius 2 is 1.83 bits per heavy atom. The minimum atomic E-state index is -0.0795. The molecule has 2 aromatic rings. The van der Waals surface area contributed by atoms with Gasteiger partial charge in [-0.15, -0.1) is 0 Å².